The summed E-state index contributed by atoms with van der Waals surface area (Å²) in [5, 5.41) is 9.96. The Kier molecular flexibility index (Phi) is 3.73. The van der Waals surface area contributed by atoms with Crippen LogP contribution in [-0.4, -0.2) is 48.0 Å². The van der Waals surface area contributed by atoms with Gasteiger partial charge in [-0.25, -0.2) is 0 Å². The van der Waals surface area contributed by atoms with Gasteiger partial charge in [-0.05, 0) is 18.1 Å². The fraction of sp³-hybridized carbons (Fsp3) is 0.500. The topological polar surface area (TPSA) is 59.0 Å². The number of halogens is 3. The van der Waals surface area contributed by atoms with Crippen LogP contribution in [0.15, 0.2) is 24.3 Å². The van der Waals surface area contributed by atoms with Crippen LogP contribution in [0.1, 0.15) is 24.0 Å². The van der Waals surface area contributed by atoms with Gasteiger partial charge < -0.3 is 19.5 Å². The highest BCUT2D eigenvalue weighted by Gasteiger charge is 2.54. The van der Waals surface area contributed by atoms with Crippen LogP contribution >= 0.6 is 0 Å². The lowest BCUT2D eigenvalue weighted by Gasteiger charge is -2.35. The summed E-state index contributed by atoms with van der Waals surface area (Å²) < 4.78 is 50.3. The average Bonchev–Trinajstić information content (AvgIpc) is 2.82. The molecule has 8 heteroatoms. The van der Waals surface area contributed by atoms with E-state index in [1.807, 2.05) is 6.08 Å². The lowest BCUT2D eigenvalue weighted by atomic mass is 9.69. The minimum absolute atomic E-state index is 0.0466. The highest BCUT2D eigenvalue weighted by atomic mass is 19.4. The molecule has 140 valence electrons. The zero-order valence-corrected chi connectivity index (χ0v) is 14.0. The van der Waals surface area contributed by atoms with E-state index in [1.165, 1.54) is 7.11 Å². The normalized spacial score (nSPS) is 29.5. The first-order chi connectivity index (χ1) is 12.3. The monoisotopic (exact) mass is 369 g/mol. The lowest BCUT2D eigenvalue weighted by molar-refractivity contribution is -0.186. The number of carbonyl (C=O) groups excluding carboxylic acids is 1. The number of rotatable bonds is 1. The predicted molar refractivity (Wildman–Crippen MR) is 84.9 cm³/mol. The molecule has 0 fully saturated rings. The average molecular weight is 369 g/mol. The number of ether oxygens (including phenoxy) is 2. The number of aliphatic hydroxyl groups excluding tert-OH is 1. The van der Waals surface area contributed by atoms with Crippen LogP contribution in [0, 0.1) is 0 Å². The molecule has 1 amide bonds. The van der Waals surface area contributed by atoms with Crippen molar-refractivity contribution in [3.63, 3.8) is 0 Å². The second-order valence-electron chi connectivity index (χ2n) is 6.91. The third kappa shape index (κ3) is 2.39. The van der Waals surface area contributed by atoms with Gasteiger partial charge in [-0.1, -0.05) is 18.2 Å². The van der Waals surface area contributed by atoms with Crippen LogP contribution in [-0.2, 0) is 16.8 Å². The molecule has 3 atom stereocenters. The van der Waals surface area contributed by atoms with E-state index in [-0.39, 0.29) is 19.5 Å². The fourth-order valence-electron chi connectivity index (χ4n) is 4.29. The van der Waals surface area contributed by atoms with Gasteiger partial charge in [-0.3, -0.25) is 4.79 Å². The molecule has 2 heterocycles. The van der Waals surface area contributed by atoms with Crippen LogP contribution in [0.5, 0.6) is 11.5 Å². The molecular weight excluding hydrogens is 351 g/mol. The standard InChI is InChI=1S/C18H18F3NO4/c1-25-12-3-2-10-9-22(16(24)18(19,20)21)7-6-17-5-4-11(23)8-13(17)26-15(12)14(10)17/h2-5,11,13,23H,6-9H2,1H3/t11-,13-,17-/m0/s1. The van der Waals surface area contributed by atoms with E-state index in [9.17, 15) is 23.1 Å². The Morgan fingerprint density at radius 1 is 1.42 bits per heavy atom. The smallest absolute Gasteiger partial charge is 0.471 e. The van der Waals surface area contributed by atoms with Gasteiger partial charge in [0.15, 0.2) is 11.5 Å². The van der Waals surface area contributed by atoms with Gasteiger partial charge in [0, 0.05) is 25.1 Å². The largest absolute Gasteiger partial charge is 0.493 e. The summed E-state index contributed by atoms with van der Waals surface area (Å²) in [7, 11) is 1.50. The predicted octanol–water partition coefficient (Wildman–Crippen LogP) is 2.31. The molecule has 26 heavy (non-hydrogen) atoms. The van der Waals surface area contributed by atoms with Gasteiger partial charge in [0.1, 0.15) is 6.10 Å². The number of methoxy groups -OCH3 is 1. The number of carbonyl (C=O) groups is 1. The van der Waals surface area contributed by atoms with Gasteiger partial charge in [0.2, 0.25) is 0 Å². The van der Waals surface area contributed by atoms with E-state index in [0.717, 1.165) is 10.5 Å². The minimum atomic E-state index is -4.91. The van der Waals surface area contributed by atoms with Crippen molar-refractivity contribution < 1.29 is 32.5 Å². The first-order valence-corrected chi connectivity index (χ1v) is 8.37. The van der Waals surface area contributed by atoms with Crippen LogP contribution < -0.4 is 9.47 Å². The Morgan fingerprint density at radius 3 is 2.88 bits per heavy atom. The Morgan fingerprint density at radius 2 is 2.19 bits per heavy atom. The number of benzene rings is 1. The first-order valence-electron chi connectivity index (χ1n) is 8.37. The van der Waals surface area contributed by atoms with Crippen molar-refractivity contribution in [1.29, 1.82) is 0 Å². The maximum absolute atomic E-state index is 13.0. The van der Waals surface area contributed by atoms with Gasteiger partial charge in [0.25, 0.3) is 0 Å². The third-order valence-electron chi connectivity index (χ3n) is 5.49. The van der Waals surface area contributed by atoms with E-state index < -0.39 is 29.7 Å². The Labute approximate surface area is 148 Å². The van der Waals surface area contributed by atoms with E-state index >= 15 is 0 Å². The Hall–Kier alpha value is -2.22. The number of hydrogen-bond acceptors (Lipinski definition) is 4. The quantitative estimate of drug-likeness (QED) is 0.772. The van der Waals surface area contributed by atoms with Crippen molar-refractivity contribution in [3.8, 4) is 11.5 Å². The maximum atomic E-state index is 13.0. The molecule has 0 aromatic heterocycles. The molecule has 0 saturated heterocycles. The van der Waals surface area contributed by atoms with Crippen molar-refractivity contribution in [3.05, 3.63) is 35.4 Å². The number of aliphatic hydroxyl groups is 1. The molecule has 2 aliphatic heterocycles. The summed E-state index contributed by atoms with van der Waals surface area (Å²) in [4.78, 5) is 12.7. The number of alkyl halides is 3. The maximum Gasteiger partial charge on any atom is 0.471 e. The summed E-state index contributed by atoms with van der Waals surface area (Å²) in [5.41, 5.74) is 0.709. The summed E-state index contributed by atoms with van der Waals surface area (Å²) >= 11 is 0. The number of hydrogen-bond donors (Lipinski definition) is 1. The molecule has 0 saturated carbocycles. The van der Waals surface area contributed by atoms with Crippen molar-refractivity contribution in [1.82, 2.24) is 4.90 Å². The van der Waals surface area contributed by atoms with Crippen molar-refractivity contribution in [2.24, 2.45) is 0 Å². The lowest BCUT2D eigenvalue weighted by Crippen LogP contribution is -2.45. The molecule has 1 aliphatic carbocycles. The minimum Gasteiger partial charge on any atom is -0.493 e. The molecule has 5 nitrogen and oxygen atoms in total. The van der Waals surface area contributed by atoms with E-state index in [4.69, 9.17) is 9.47 Å². The molecule has 1 N–H and O–H groups in total. The molecule has 0 unspecified atom stereocenters. The SMILES string of the molecule is COc1ccc2c3c1O[C@H]1C[C@@H](O)C=C[C@@]31CCN(C(=O)C(F)(F)F)C2. The van der Waals surface area contributed by atoms with Gasteiger partial charge in [0.05, 0.1) is 18.6 Å². The van der Waals surface area contributed by atoms with E-state index in [1.54, 1.807) is 18.2 Å². The Balaban J connectivity index is 1.84. The van der Waals surface area contributed by atoms with Gasteiger partial charge in [-0.2, -0.15) is 13.2 Å². The zero-order chi connectivity index (χ0) is 18.7. The van der Waals surface area contributed by atoms with Gasteiger partial charge in [-0.15, -0.1) is 0 Å². The second-order valence-corrected chi connectivity index (χ2v) is 6.91. The number of amides is 1. The molecule has 1 aromatic rings. The van der Waals surface area contributed by atoms with E-state index in [0.29, 0.717) is 23.5 Å². The second kappa shape index (κ2) is 5.64. The molecule has 1 aromatic carbocycles. The summed E-state index contributed by atoms with van der Waals surface area (Å²) in [6, 6.07) is 3.33. The third-order valence-corrected chi connectivity index (χ3v) is 5.49. The van der Waals surface area contributed by atoms with Gasteiger partial charge >= 0.3 is 12.1 Å². The van der Waals surface area contributed by atoms with Crippen molar-refractivity contribution >= 4 is 5.91 Å². The van der Waals surface area contributed by atoms with Crippen molar-refractivity contribution in [2.45, 2.75) is 43.2 Å². The molecule has 0 bridgehead atoms. The zero-order valence-electron chi connectivity index (χ0n) is 14.0. The molecule has 0 radical (unpaired) electrons. The number of nitrogens with zero attached hydrogens (tertiary/aromatic N) is 1. The molecular formula is C18H18F3NO4. The summed E-state index contributed by atoms with van der Waals surface area (Å²) in [6.07, 6.45) is -1.90. The highest BCUT2D eigenvalue weighted by molar-refractivity contribution is 5.82. The fourth-order valence-corrected chi connectivity index (χ4v) is 4.29. The van der Waals surface area contributed by atoms with Crippen LogP contribution in [0.25, 0.3) is 0 Å². The molecule has 3 aliphatic rings. The molecule has 4 rings (SSSR count). The van der Waals surface area contributed by atoms with Crippen LogP contribution in [0.2, 0.25) is 0 Å². The summed E-state index contributed by atoms with van der Waals surface area (Å²) in [5.74, 6) is -0.846. The first kappa shape index (κ1) is 17.2. The molecule has 1 spiro atoms. The highest BCUT2D eigenvalue weighted by Crippen LogP contribution is 2.55. The Bertz CT molecular complexity index is 791. The van der Waals surface area contributed by atoms with Crippen LogP contribution in [0.3, 0.4) is 0 Å². The van der Waals surface area contributed by atoms with Crippen LogP contribution in [0.4, 0.5) is 13.2 Å². The summed E-state index contributed by atoms with van der Waals surface area (Å²) in [6.45, 7) is -0.187. The van der Waals surface area contributed by atoms with E-state index in [2.05, 4.69) is 0 Å². The van der Waals surface area contributed by atoms with Crippen molar-refractivity contribution in [2.75, 3.05) is 13.7 Å².